The quantitative estimate of drug-likeness (QED) is 0.454. The monoisotopic (exact) mass is 309 g/mol. The molecule has 1 aliphatic heterocycles. The molecule has 5 nitrogen and oxygen atoms in total. The number of benzene rings is 2. The highest BCUT2D eigenvalue weighted by Crippen LogP contribution is 2.16. The Balaban J connectivity index is 1.77. The summed E-state index contributed by atoms with van der Waals surface area (Å²) < 4.78 is 0. The molecule has 0 atom stereocenters. The average molecular weight is 309 g/mol. The van der Waals surface area contributed by atoms with Crippen LogP contribution >= 0.6 is 0 Å². The van der Waals surface area contributed by atoms with Gasteiger partial charge in [-0.05, 0) is 49.7 Å². The number of nitrogens with two attached hydrogens (primary N) is 1. The van der Waals surface area contributed by atoms with E-state index in [0.717, 1.165) is 17.8 Å². The van der Waals surface area contributed by atoms with Gasteiger partial charge in [-0.1, -0.05) is 18.2 Å². The molecule has 1 amide bonds. The van der Waals surface area contributed by atoms with Gasteiger partial charge in [0.25, 0.3) is 11.7 Å². The Bertz CT molecular complexity index is 763. The van der Waals surface area contributed by atoms with Gasteiger partial charge in [0.1, 0.15) is 5.54 Å². The van der Waals surface area contributed by atoms with E-state index >= 15 is 0 Å². The summed E-state index contributed by atoms with van der Waals surface area (Å²) in [7, 11) is 0. The predicted molar refractivity (Wildman–Crippen MR) is 90.8 cm³/mol. The molecule has 0 spiro atoms. The van der Waals surface area contributed by atoms with E-state index in [2.05, 4.69) is 35.8 Å². The molecule has 1 aliphatic rings. The van der Waals surface area contributed by atoms with E-state index < -0.39 is 0 Å². The maximum atomic E-state index is 12.2. The zero-order valence-electron chi connectivity index (χ0n) is 13.3. The number of amides is 1. The number of carbonyl (C=O) groups is 1. The number of carbonyl (C=O) groups excluding carboxylic acids is 1. The Hall–Kier alpha value is -2.82. The smallest absolute Gasteiger partial charge is 0.299 e. The topological polar surface area (TPSA) is 81.1 Å². The van der Waals surface area contributed by atoms with Crippen molar-refractivity contribution >= 4 is 17.4 Å². The fraction of sp³-hybridized carbons (Fsp3) is 0.222. The van der Waals surface area contributed by atoms with Gasteiger partial charge in [0, 0.05) is 17.7 Å². The fourth-order valence-corrected chi connectivity index (χ4v) is 2.77. The second-order valence-corrected chi connectivity index (χ2v) is 6.42. The van der Waals surface area contributed by atoms with Crippen LogP contribution < -0.4 is 21.6 Å². The minimum absolute atomic E-state index is 0.0807. The summed E-state index contributed by atoms with van der Waals surface area (Å²) in [5.41, 5.74) is 14.8. The number of fused-ring (bicyclic) bond motifs is 1. The molecule has 0 saturated heterocycles. The SMILES string of the molecule is CC1(C)Cc2ccccc2C(NNC(=O)c2ccc(N)cc2)=[NH+]1. The first-order chi connectivity index (χ1) is 10.9. The molecule has 0 bridgehead atoms. The molecule has 2 aromatic carbocycles. The Labute approximate surface area is 135 Å². The van der Waals surface area contributed by atoms with Crippen LogP contribution in [0.15, 0.2) is 48.5 Å². The van der Waals surface area contributed by atoms with Crippen LogP contribution in [0.2, 0.25) is 0 Å². The van der Waals surface area contributed by atoms with Crippen LogP contribution in [0, 0.1) is 0 Å². The van der Waals surface area contributed by atoms with Crippen molar-refractivity contribution in [3.8, 4) is 0 Å². The van der Waals surface area contributed by atoms with Crippen molar-refractivity contribution in [1.82, 2.24) is 10.9 Å². The third kappa shape index (κ3) is 3.34. The highest BCUT2D eigenvalue weighted by molar-refractivity contribution is 6.00. The largest absolute Gasteiger partial charge is 0.399 e. The first-order valence-electron chi connectivity index (χ1n) is 7.60. The van der Waals surface area contributed by atoms with Gasteiger partial charge in [0.2, 0.25) is 0 Å². The van der Waals surface area contributed by atoms with Gasteiger partial charge in [-0.25, -0.2) is 0 Å². The van der Waals surface area contributed by atoms with Crippen molar-refractivity contribution in [2.75, 3.05) is 5.73 Å². The maximum absolute atomic E-state index is 12.2. The lowest BCUT2D eigenvalue weighted by atomic mass is 9.89. The van der Waals surface area contributed by atoms with Crippen molar-refractivity contribution in [1.29, 1.82) is 0 Å². The van der Waals surface area contributed by atoms with Crippen molar-refractivity contribution in [2.45, 2.75) is 25.8 Å². The zero-order valence-corrected chi connectivity index (χ0v) is 13.3. The second-order valence-electron chi connectivity index (χ2n) is 6.42. The molecular weight excluding hydrogens is 288 g/mol. The third-order valence-electron chi connectivity index (χ3n) is 3.86. The van der Waals surface area contributed by atoms with Gasteiger partial charge in [-0.3, -0.25) is 9.79 Å². The maximum Gasteiger partial charge on any atom is 0.299 e. The number of rotatable bonds is 1. The molecule has 2 aromatic rings. The van der Waals surface area contributed by atoms with Gasteiger partial charge in [-0.15, -0.1) is 0 Å². The molecule has 0 aromatic heterocycles. The van der Waals surface area contributed by atoms with Crippen LogP contribution in [-0.4, -0.2) is 17.3 Å². The molecule has 3 rings (SSSR count). The van der Waals surface area contributed by atoms with E-state index in [-0.39, 0.29) is 11.4 Å². The summed E-state index contributed by atoms with van der Waals surface area (Å²) in [6.45, 7) is 4.26. The summed E-state index contributed by atoms with van der Waals surface area (Å²) >= 11 is 0. The van der Waals surface area contributed by atoms with E-state index in [9.17, 15) is 4.79 Å². The highest BCUT2D eigenvalue weighted by atomic mass is 16.2. The highest BCUT2D eigenvalue weighted by Gasteiger charge is 2.30. The molecule has 23 heavy (non-hydrogen) atoms. The van der Waals surface area contributed by atoms with E-state index in [1.165, 1.54) is 5.56 Å². The number of amidine groups is 1. The molecule has 5 N–H and O–H groups in total. The Kier molecular flexibility index (Phi) is 3.78. The summed E-state index contributed by atoms with van der Waals surface area (Å²) in [5, 5.41) is 0. The van der Waals surface area contributed by atoms with Crippen LogP contribution in [0.1, 0.15) is 35.3 Å². The van der Waals surface area contributed by atoms with E-state index in [0.29, 0.717) is 11.3 Å². The summed E-state index contributed by atoms with van der Waals surface area (Å²) in [6, 6.07) is 15.0. The van der Waals surface area contributed by atoms with Crippen LogP contribution in [0.4, 0.5) is 5.69 Å². The fourth-order valence-electron chi connectivity index (χ4n) is 2.77. The summed E-state index contributed by atoms with van der Waals surface area (Å²) in [4.78, 5) is 15.7. The number of hydrogen-bond acceptors (Lipinski definition) is 3. The lowest BCUT2D eigenvalue weighted by molar-refractivity contribution is -0.547. The molecule has 0 aliphatic carbocycles. The predicted octanol–water partition coefficient (Wildman–Crippen LogP) is 0.365. The minimum atomic E-state index is -0.208. The van der Waals surface area contributed by atoms with E-state index in [1.807, 2.05) is 18.2 Å². The molecule has 0 radical (unpaired) electrons. The summed E-state index contributed by atoms with van der Waals surface area (Å²) in [5.74, 6) is 0.598. The minimum Gasteiger partial charge on any atom is -0.399 e. The molecule has 0 saturated carbocycles. The van der Waals surface area contributed by atoms with Crippen LogP contribution in [-0.2, 0) is 6.42 Å². The third-order valence-corrected chi connectivity index (χ3v) is 3.86. The Morgan fingerprint density at radius 1 is 1.13 bits per heavy atom. The summed E-state index contributed by atoms with van der Waals surface area (Å²) in [6.07, 6.45) is 0.931. The van der Waals surface area contributed by atoms with Gasteiger partial charge < -0.3 is 5.73 Å². The molecule has 1 heterocycles. The van der Waals surface area contributed by atoms with Crippen LogP contribution in [0.3, 0.4) is 0 Å². The van der Waals surface area contributed by atoms with Crippen molar-refractivity contribution in [3.63, 3.8) is 0 Å². The standard InChI is InChI=1S/C18H20N4O/c1-18(2)11-13-5-3-4-6-15(13)16(20-18)21-22-17(23)12-7-9-14(19)10-8-12/h3-10H,11,19H2,1-2H3,(H,20,21)(H,22,23)/p+1. The average Bonchev–Trinajstić information content (AvgIpc) is 2.52. The van der Waals surface area contributed by atoms with Gasteiger partial charge in [0.05, 0.1) is 5.56 Å². The number of nitrogen functional groups attached to an aromatic ring is 1. The van der Waals surface area contributed by atoms with Crippen LogP contribution in [0.5, 0.6) is 0 Å². The number of anilines is 1. The van der Waals surface area contributed by atoms with Crippen molar-refractivity contribution in [3.05, 3.63) is 65.2 Å². The second kappa shape index (κ2) is 5.76. The Morgan fingerprint density at radius 2 is 1.83 bits per heavy atom. The van der Waals surface area contributed by atoms with Crippen molar-refractivity contribution in [2.24, 2.45) is 0 Å². The van der Waals surface area contributed by atoms with Gasteiger partial charge in [-0.2, -0.15) is 10.9 Å². The van der Waals surface area contributed by atoms with E-state index in [1.54, 1.807) is 24.3 Å². The zero-order chi connectivity index (χ0) is 16.4. The Morgan fingerprint density at radius 3 is 2.57 bits per heavy atom. The molecular formula is C18H21N4O+. The van der Waals surface area contributed by atoms with Crippen LogP contribution in [0.25, 0.3) is 0 Å². The molecule has 0 unspecified atom stereocenters. The first-order valence-corrected chi connectivity index (χ1v) is 7.60. The number of nitrogens with one attached hydrogen (secondary N) is 3. The van der Waals surface area contributed by atoms with Gasteiger partial charge >= 0.3 is 0 Å². The van der Waals surface area contributed by atoms with Crippen molar-refractivity contribution < 1.29 is 9.79 Å². The molecule has 5 heteroatoms. The van der Waals surface area contributed by atoms with Gasteiger partial charge in [0.15, 0.2) is 0 Å². The normalized spacial score (nSPS) is 15.3. The molecule has 0 fully saturated rings. The van der Waals surface area contributed by atoms with E-state index in [4.69, 9.17) is 5.73 Å². The lowest BCUT2D eigenvalue weighted by Gasteiger charge is -2.25. The lowest BCUT2D eigenvalue weighted by Crippen LogP contribution is -2.90. The molecule has 118 valence electrons. The number of hydrogen-bond donors (Lipinski definition) is 4. The number of hydrazine groups is 1. The first kappa shape index (κ1) is 15.1.